The molecule has 34 heavy (non-hydrogen) atoms. The van der Waals surface area contributed by atoms with Gasteiger partial charge in [0.25, 0.3) is 0 Å². The summed E-state index contributed by atoms with van der Waals surface area (Å²) in [7, 11) is 0. The van der Waals surface area contributed by atoms with Crippen LogP contribution in [0.25, 0.3) is 0 Å². The van der Waals surface area contributed by atoms with Crippen molar-refractivity contribution >= 4 is 5.69 Å². The lowest BCUT2D eigenvalue weighted by atomic mass is 9.87. The molecule has 3 aromatic carbocycles. The summed E-state index contributed by atoms with van der Waals surface area (Å²) in [6, 6.07) is 27.1. The van der Waals surface area contributed by atoms with Gasteiger partial charge in [0.2, 0.25) is 0 Å². The van der Waals surface area contributed by atoms with Gasteiger partial charge in [0, 0.05) is 17.8 Å². The molecule has 4 rings (SSSR count). The Morgan fingerprint density at radius 1 is 0.912 bits per heavy atom. The Labute approximate surface area is 203 Å². The Morgan fingerprint density at radius 2 is 1.62 bits per heavy atom. The van der Waals surface area contributed by atoms with Gasteiger partial charge in [-0.05, 0) is 56.5 Å². The van der Waals surface area contributed by atoms with E-state index < -0.39 is 5.60 Å². The fraction of sp³-hybridized carbons (Fsp3) is 0.333. The van der Waals surface area contributed by atoms with E-state index >= 15 is 0 Å². The van der Waals surface area contributed by atoms with Crippen molar-refractivity contribution in [3.8, 4) is 5.75 Å². The molecule has 1 heterocycles. The molecule has 1 aliphatic rings. The first-order chi connectivity index (χ1) is 16.6. The summed E-state index contributed by atoms with van der Waals surface area (Å²) in [6.45, 7) is 8.03. The maximum absolute atomic E-state index is 6.55. The molecule has 178 valence electrons. The Kier molecular flexibility index (Phi) is 8.04. The highest BCUT2D eigenvalue weighted by Crippen LogP contribution is 2.44. The van der Waals surface area contributed by atoms with Gasteiger partial charge in [0.1, 0.15) is 23.6 Å². The molecular formula is C30H35NO3. The summed E-state index contributed by atoms with van der Waals surface area (Å²) >= 11 is 0. The maximum Gasteiger partial charge on any atom is 0.132 e. The lowest BCUT2D eigenvalue weighted by Gasteiger charge is -2.44. The fourth-order valence-corrected chi connectivity index (χ4v) is 4.31. The van der Waals surface area contributed by atoms with Crippen molar-refractivity contribution in [1.29, 1.82) is 0 Å². The second-order valence-electron chi connectivity index (χ2n) is 9.15. The van der Waals surface area contributed by atoms with E-state index in [9.17, 15) is 0 Å². The van der Waals surface area contributed by atoms with Crippen molar-refractivity contribution in [2.75, 3.05) is 18.5 Å². The van der Waals surface area contributed by atoms with Crippen molar-refractivity contribution in [3.05, 3.63) is 108 Å². The summed E-state index contributed by atoms with van der Waals surface area (Å²) in [5.74, 6) is 0.853. The minimum Gasteiger partial charge on any atom is -0.485 e. The molecule has 1 N–H and O–H groups in total. The van der Waals surface area contributed by atoms with Crippen LogP contribution in [0.5, 0.6) is 5.75 Å². The SMILES string of the molecule is C/C=C/COC1C(OCCc2ccccc2)c2cc(NCc3ccccc3)ccc2OC1(C)C. The maximum atomic E-state index is 6.55. The Bertz CT molecular complexity index is 1060. The zero-order valence-electron chi connectivity index (χ0n) is 20.4. The number of nitrogens with one attached hydrogen (secondary N) is 1. The quantitative estimate of drug-likeness (QED) is 0.343. The zero-order valence-corrected chi connectivity index (χ0v) is 20.4. The third kappa shape index (κ3) is 6.07. The van der Waals surface area contributed by atoms with Crippen molar-refractivity contribution in [3.63, 3.8) is 0 Å². The van der Waals surface area contributed by atoms with Crippen molar-refractivity contribution in [2.45, 2.75) is 51.5 Å². The van der Waals surface area contributed by atoms with E-state index in [-0.39, 0.29) is 12.2 Å². The molecule has 0 saturated heterocycles. The Hall–Kier alpha value is -3.08. The van der Waals surface area contributed by atoms with Gasteiger partial charge >= 0.3 is 0 Å². The number of hydrogen-bond acceptors (Lipinski definition) is 4. The molecule has 4 nitrogen and oxygen atoms in total. The number of hydrogen-bond donors (Lipinski definition) is 1. The topological polar surface area (TPSA) is 39.7 Å². The fourth-order valence-electron chi connectivity index (χ4n) is 4.31. The molecule has 3 aromatic rings. The summed E-state index contributed by atoms with van der Waals surface area (Å²) in [5.41, 5.74) is 4.04. The second-order valence-corrected chi connectivity index (χ2v) is 9.15. The van der Waals surface area contributed by atoms with Crippen molar-refractivity contribution in [2.24, 2.45) is 0 Å². The predicted octanol–water partition coefficient (Wildman–Crippen LogP) is 6.73. The molecule has 2 unspecified atom stereocenters. The van der Waals surface area contributed by atoms with Crippen LogP contribution in [0.4, 0.5) is 5.69 Å². The summed E-state index contributed by atoms with van der Waals surface area (Å²) in [5, 5.41) is 3.54. The molecule has 0 aromatic heterocycles. The number of allylic oxidation sites excluding steroid dienone is 1. The van der Waals surface area contributed by atoms with E-state index in [2.05, 4.69) is 79.8 Å². The third-order valence-electron chi connectivity index (χ3n) is 6.13. The highest BCUT2D eigenvalue weighted by Gasteiger charge is 2.45. The Morgan fingerprint density at radius 3 is 2.32 bits per heavy atom. The van der Waals surface area contributed by atoms with Crippen LogP contribution in [0.15, 0.2) is 91.0 Å². The zero-order chi connectivity index (χ0) is 23.8. The predicted molar refractivity (Wildman–Crippen MR) is 138 cm³/mol. The van der Waals surface area contributed by atoms with Gasteiger partial charge in [-0.2, -0.15) is 0 Å². The van der Waals surface area contributed by atoms with Gasteiger partial charge in [-0.3, -0.25) is 0 Å². The first-order valence-electron chi connectivity index (χ1n) is 12.1. The van der Waals surface area contributed by atoms with Gasteiger partial charge in [-0.1, -0.05) is 72.8 Å². The number of benzene rings is 3. The average Bonchev–Trinajstić information content (AvgIpc) is 2.85. The minimum absolute atomic E-state index is 0.230. The third-order valence-corrected chi connectivity index (χ3v) is 6.13. The van der Waals surface area contributed by atoms with Crippen LogP contribution in [-0.4, -0.2) is 24.9 Å². The molecule has 0 radical (unpaired) electrons. The van der Waals surface area contributed by atoms with E-state index in [1.165, 1.54) is 11.1 Å². The molecule has 0 spiro atoms. The molecule has 1 aliphatic heterocycles. The largest absolute Gasteiger partial charge is 0.485 e. The standard InChI is InChI=1S/C30H35NO3/c1-4-5-19-33-29-28(32-20-18-23-12-8-6-9-13-23)26-21-25(16-17-27(26)34-30(29,2)3)31-22-24-14-10-7-11-15-24/h4-17,21,28-29,31H,18-20,22H2,1-3H3/b5-4+. The van der Waals surface area contributed by atoms with Crippen LogP contribution in [-0.2, 0) is 22.4 Å². The van der Waals surface area contributed by atoms with Gasteiger partial charge in [-0.15, -0.1) is 0 Å². The van der Waals surface area contributed by atoms with Crippen LogP contribution < -0.4 is 10.1 Å². The van der Waals surface area contributed by atoms with E-state index in [4.69, 9.17) is 14.2 Å². The van der Waals surface area contributed by atoms with E-state index in [1.807, 2.05) is 37.3 Å². The number of anilines is 1. The van der Waals surface area contributed by atoms with Gasteiger partial charge in [0.15, 0.2) is 0 Å². The highest BCUT2D eigenvalue weighted by molar-refractivity contribution is 5.54. The molecule has 0 aliphatic carbocycles. The molecular weight excluding hydrogens is 422 g/mol. The normalized spacial score (nSPS) is 18.9. The van der Waals surface area contributed by atoms with Gasteiger partial charge in [0.05, 0.1) is 13.2 Å². The molecule has 0 bridgehead atoms. The number of ether oxygens (including phenoxy) is 3. The molecule has 0 saturated carbocycles. The average molecular weight is 458 g/mol. The molecule has 2 atom stereocenters. The van der Waals surface area contributed by atoms with Gasteiger partial charge in [-0.25, -0.2) is 0 Å². The van der Waals surface area contributed by atoms with Crippen molar-refractivity contribution in [1.82, 2.24) is 0 Å². The first kappa shape index (κ1) is 24.1. The van der Waals surface area contributed by atoms with E-state index in [0.29, 0.717) is 13.2 Å². The van der Waals surface area contributed by atoms with Crippen LogP contribution in [0.2, 0.25) is 0 Å². The smallest absolute Gasteiger partial charge is 0.132 e. The first-order valence-corrected chi connectivity index (χ1v) is 12.1. The highest BCUT2D eigenvalue weighted by atomic mass is 16.6. The van der Waals surface area contributed by atoms with E-state index in [0.717, 1.165) is 30.0 Å². The van der Waals surface area contributed by atoms with Crippen LogP contribution in [0.3, 0.4) is 0 Å². The lowest BCUT2D eigenvalue weighted by Crippen LogP contribution is -2.51. The molecule has 0 amide bonds. The van der Waals surface area contributed by atoms with E-state index in [1.54, 1.807) is 0 Å². The van der Waals surface area contributed by atoms with Gasteiger partial charge < -0.3 is 19.5 Å². The van der Waals surface area contributed by atoms with Crippen LogP contribution in [0.1, 0.15) is 43.6 Å². The monoisotopic (exact) mass is 457 g/mol. The lowest BCUT2D eigenvalue weighted by molar-refractivity contribution is -0.157. The van der Waals surface area contributed by atoms with Crippen molar-refractivity contribution < 1.29 is 14.2 Å². The summed E-state index contributed by atoms with van der Waals surface area (Å²) < 4.78 is 19.3. The molecule has 0 fully saturated rings. The van der Waals surface area contributed by atoms with Crippen LogP contribution >= 0.6 is 0 Å². The summed E-state index contributed by atoms with van der Waals surface area (Å²) in [6.07, 6.45) is 4.40. The number of rotatable bonds is 10. The van der Waals surface area contributed by atoms with Crippen LogP contribution in [0, 0.1) is 0 Å². The summed E-state index contributed by atoms with van der Waals surface area (Å²) in [4.78, 5) is 0. The molecule has 4 heteroatoms. The second kappa shape index (κ2) is 11.4. The number of fused-ring (bicyclic) bond motifs is 1. The Balaban J connectivity index is 1.56. The minimum atomic E-state index is -0.523.